The van der Waals surface area contributed by atoms with E-state index in [1.54, 1.807) is 7.11 Å². The highest BCUT2D eigenvalue weighted by atomic mass is 16.5. The number of rotatable bonds is 4. The van der Waals surface area contributed by atoms with Crippen molar-refractivity contribution in [2.75, 3.05) is 12.4 Å². The van der Waals surface area contributed by atoms with Gasteiger partial charge in [-0.1, -0.05) is 6.92 Å². The van der Waals surface area contributed by atoms with Crippen molar-refractivity contribution < 1.29 is 4.74 Å². The maximum atomic E-state index is 5.18. The monoisotopic (exact) mass is 297 g/mol. The van der Waals surface area contributed by atoms with Gasteiger partial charge in [-0.3, -0.25) is 4.68 Å². The second-order valence-corrected chi connectivity index (χ2v) is 5.10. The van der Waals surface area contributed by atoms with Crippen LogP contribution in [0.1, 0.15) is 18.4 Å². The molecule has 2 aromatic heterocycles. The highest BCUT2D eigenvalue weighted by molar-refractivity contribution is 5.89. The summed E-state index contributed by atoms with van der Waals surface area (Å²) in [6.45, 7) is 4.01. The molecule has 0 aliphatic rings. The molecule has 0 radical (unpaired) electrons. The van der Waals surface area contributed by atoms with Crippen molar-refractivity contribution in [2.24, 2.45) is 7.05 Å². The van der Waals surface area contributed by atoms with Gasteiger partial charge in [-0.2, -0.15) is 5.10 Å². The first-order valence-corrected chi connectivity index (χ1v) is 7.23. The van der Waals surface area contributed by atoms with Gasteiger partial charge in [-0.25, -0.2) is 9.97 Å². The molecule has 0 saturated heterocycles. The lowest BCUT2D eigenvalue weighted by molar-refractivity contribution is 0.415. The third-order valence-corrected chi connectivity index (χ3v) is 3.57. The molecule has 6 heteroatoms. The van der Waals surface area contributed by atoms with Gasteiger partial charge >= 0.3 is 0 Å². The Morgan fingerprint density at radius 1 is 1.18 bits per heavy atom. The van der Waals surface area contributed by atoms with E-state index in [4.69, 9.17) is 4.74 Å². The first-order chi connectivity index (χ1) is 10.6. The summed E-state index contributed by atoms with van der Waals surface area (Å²) in [4.78, 5) is 9.21. The summed E-state index contributed by atoms with van der Waals surface area (Å²) in [7, 11) is 3.56. The van der Waals surface area contributed by atoms with Crippen LogP contribution < -0.4 is 10.1 Å². The third kappa shape index (κ3) is 2.47. The van der Waals surface area contributed by atoms with E-state index in [0.717, 1.165) is 46.2 Å². The number of fused-ring (bicyclic) bond motifs is 1. The summed E-state index contributed by atoms with van der Waals surface area (Å²) in [5.74, 6) is 2.40. The standard InChI is InChI=1S/C16H19N5O/c1-5-13-18-14-10(2)20-21(3)15(14)16(19-13)17-11-6-8-12(22-4)9-7-11/h6-9H,5H2,1-4H3,(H,17,18,19). The predicted molar refractivity (Wildman–Crippen MR) is 86.7 cm³/mol. The van der Waals surface area contributed by atoms with Crippen LogP contribution in [0.2, 0.25) is 0 Å². The molecule has 3 rings (SSSR count). The minimum atomic E-state index is 0.773. The normalized spacial score (nSPS) is 10.9. The Kier molecular flexibility index (Phi) is 3.66. The summed E-state index contributed by atoms with van der Waals surface area (Å²) in [5, 5.41) is 7.81. The number of aryl methyl sites for hydroxylation is 3. The van der Waals surface area contributed by atoms with E-state index in [9.17, 15) is 0 Å². The van der Waals surface area contributed by atoms with Gasteiger partial charge in [0, 0.05) is 19.2 Å². The van der Waals surface area contributed by atoms with Gasteiger partial charge in [0.15, 0.2) is 5.82 Å². The lowest BCUT2D eigenvalue weighted by atomic mass is 10.3. The summed E-state index contributed by atoms with van der Waals surface area (Å²) < 4.78 is 7.00. The molecule has 0 amide bonds. The van der Waals surface area contributed by atoms with E-state index in [0.29, 0.717) is 0 Å². The van der Waals surface area contributed by atoms with E-state index >= 15 is 0 Å². The highest BCUT2D eigenvalue weighted by Gasteiger charge is 2.14. The van der Waals surface area contributed by atoms with Gasteiger partial charge in [0.25, 0.3) is 0 Å². The molecule has 0 saturated carbocycles. The minimum absolute atomic E-state index is 0.773. The summed E-state index contributed by atoms with van der Waals surface area (Å²) in [5.41, 5.74) is 3.66. The molecule has 2 heterocycles. The van der Waals surface area contributed by atoms with Crippen molar-refractivity contribution in [3.63, 3.8) is 0 Å². The fourth-order valence-electron chi connectivity index (χ4n) is 2.44. The van der Waals surface area contributed by atoms with Gasteiger partial charge in [0.2, 0.25) is 0 Å². The lowest BCUT2D eigenvalue weighted by Gasteiger charge is -2.10. The van der Waals surface area contributed by atoms with E-state index in [1.165, 1.54) is 0 Å². The Labute approximate surface area is 129 Å². The van der Waals surface area contributed by atoms with Crippen molar-refractivity contribution in [1.29, 1.82) is 0 Å². The van der Waals surface area contributed by atoms with Gasteiger partial charge in [0.05, 0.1) is 12.8 Å². The number of aromatic nitrogens is 4. The second-order valence-electron chi connectivity index (χ2n) is 5.10. The van der Waals surface area contributed by atoms with Crippen molar-refractivity contribution in [3.05, 3.63) is 35.8 Å². The number of benzene rings is 1. The van der Waals surface area contributed by atoms with Crippen molar-refractivity contribution in [2.45, 2.75) is 20.3 Å². The van der Waals surface area contributed by atoms with Crippen LogP contribution >= 0.6 is 0 Å². The molecule has 114 valence electrons. The first-order valence-electron chi connectivity index (χ1n) is 7.23. The number of ether oxygens (including phenoxy) is 1. The molecule has 0 aliphatic heterocycles. The zero-order valence-corrected chi connectivity index (χ0v) is 13.2. The molecule has 1 aromatic carbocycles. The number of hydrogen-bond acceptors (Lipinski definition) is 5. The van der Waals surface area contributed by atoms with Crippen LogP contribution in [0.3, 0.4) is 0 Å². The maximum Gasteiger partial charge on any atom is 0.160 e. The SMILES string of the molecule is CCc1nc(Nc2ccc(OC)cc2)c2c(n1)c(C)nn2C. The minimum Gasteiger partial charge on any atom is -0.497 e. The first kappa shape index (κ1) is 14.3. The molecule has 0 aliphatic carbocycles. The highest BCUT2D eigenvalue weighted by Crippen LogP contribution is 2.26. The molecule has 0 fully saturated rings. The number of nitrogens with zero attached hydrogens (tertiary/aromatic N) is 4. The molecule has 22 heavy (non-hydrogen) atoms. The number of methoxy groups -OCH3 is 1. The smallest absolute Gasteiger partial charge is 0.160 e. The Bertz CT molecular complexity index is 808. The van der Waals surface area contributed by atoms with Gasteiger partial charge in [-0.05, 0) is 31.2 Å². The lowest BCUT2D eigenvalue weighted by Crippen LogP contribution is -2.03. The Morgan fingerprint density at radius 2 is 1.91 bits per heavy atom. The third-order valence-electron chi connectivity index (χ3n) is 3.57. The molecule has 3 aromatic rings. The van der Waals surface area contributed by atoms with Crippen LogP contribution in [0.25, 0.3) is 11.0 Å². The van der Waals surface area contributed by atoms with Crippen molar-refractivity contribution >= 4 is 22.5 Å². The largest absolute Gasteiger partial charge is 0.497 e. The Hall–Kier alpha value is -2.63. The number of hydrogen-bond donors (Lipinski definition) is 1. The fourth-order valence-corrected chi connectivity index (χ4v) is 2.44. The molecule has 0 atom stereocenters. The number of nitrogens with one attached hydrogen (secondary N) is 1. The van der Waals surface area contributed by atoms with Crippen LogP contribution in [-0.4, -0.2) is 26.9 Å². The van der Waals surface area contributed by atoms with Crippen LogP contribution in [0, 0.1) is 6.92 Å². The molecule has 1 N–H and O–H groups in total. The maximum absolute atomic E-state index is 5.18. The van der Waals surface area contributed by atoms with Gasteiger partial charge in [0.1, 0.15) is 22.6 Å². The van der Waals surface area contributed by atoms with Crippen molar-refractivity contribution in [3.8, 4) is 5.75 Å². The van der Waals surface area contributed by atoms with Gasteiger partial charge in [-0.15, -0.1) is 0 Å². The summed E-state index contributed by atoms with van der Waals surface area (Å²) in [6, 6.07) is 7.75. The van der Waals surface area contributed by atoms with Crippen LogP contribution in [0.5, 0.6) is 5.75 Å². The summed E-state index contributed by atoms with van der Waals surface area (Å²) >= 11 is 0. The number of anilines is 2. The second kappa shape index (κ2) is 5.63. The molecule has 6 nitrogen and oxygen atoms in total. The Morgan fingerprint density at radius 3 is 2.55 bits per heavy atom. The van der Waals surface area contributed by atoms with E-state index in [2.05, 4.69) is 20.4 Å². The van der Waals surface area contributed by atoms with E-state index in [1.807, 2.05) is 49.8 Å². The van der Waals surface area contributed by atoms with Crippen LogP contribution in [-0.2, 0) is 13.5 Å². The zero-order valence-electron chi connectivity index (χ0n) is 13.2. The van der Waals surface area contributed by atoms with E-state index in [-0.39, 0.29) is 0 Å². The molecular formula is C16H19N5O. The average Bonchev–Trinajstić information content (AvgIpc) is 2.82. The van der Waals surface area contributed by atoms with E-state index < -0.39 is 0 Å². The van der Waals surface area contributed by atoms with Crippen LogP contribution in [0.15, 0.2) is 24.3 Å². The molecule has 0 bridgehead atoms. The quantitative estimate of drug-likeness (QED) is 0.802. The molecular weight excluding hydrogens is 278 g/mol. The topological polar surface area (TPSA) is 64.9 Å². The van der Waals surface area contributed by atoms with Gasteiger partial charge < -0.3 is 10.1 Å². The molecule has 0 unspecified atom stereocenters. The molecule has 0 spiro atoms. The zero-order chi connectivity index (χ0) is 15.7. The van der Waals surface area contributed by atoms with Crippen molar-refractivity contribution in [1.82, 2.24) is 19.7 Å². The Balaban J connectivity index is 2.08. The van der Waals surface area contributed by atoms with Crippen LogP contribution in [0.4, 0.5) is 11.5 Å². The average molecular weight is 297 g/mol. The fraction of sp³-hybridized carbons (Fsp3) is 0.312. The predicted octanol–water partition coefficient (Wildman–Crippen LogP) is 2.99. The summed E-state index contributed by atoms with van der Waals surface area (Å²) in [6.07, 6.45) is 0.779.